The quantitative estimate of drug-likeness (QED) is 0.304. The maximum atomic E-state index is 5.82. The third-order valence-corrected chi connectivity index (χ3v) is 4.58. The van der Waals surface area contributed by atoms with E-state index >= 15 is 0 Å². The molecule has 1 heterocycles. The van der Waals surface area contributed by atoms with Crippen LogP contribution in [0.4, 0.5) is 0 Å². The fourth-order valence-electron chi connectivity index (χ4n) is 3.48. The molecule has 0 spiro atoms. The van der Waals surface area contributed by atoms with Crippen LogP contribution in [0.15, 0.2) is 4.99 Å². The minimum absolute atomic E-state index is 0. The van der Waals surface area contributed by atoms with Gasteiger partial charge in [-0.2, -0.15) is 0 Å². The lowest BCUT2D eigenvalue weighted by Crippen LogP contribution is -2.68. The van der Waals surface area contributed by atoms with E-state index in [0.717, 1.165) is 45.2 Å². The summed E-state index contributed by atoms with van der Waals surface area (Å²) in [7, 11) is 1.83. The van der Waals surface area contributed by atoms with Gasteiger partial charge in [-0.1, -0.05) is 13.8 Å². The highest BCUT2D eigenvalue weighted by molar-refractivity contribution is 14.0. The summed E-state index contributed by atoms with van der Waals surface area (Å²) in [4.78, 5) is 4.32. The summed E-state index contributed by atoms with van der Waals surface area (Å²) in [6, 6.07) is 0.452. The van der Waals surface area contributed by atoms with Crippen LogP contribution < -0.4 is 10.6 Å². The smallest absolute Gasteiger partial charge is 0.191 e. The highest BCUT2D eigenvalue weighted by Crippen LogP contribution is 2.51. The van der Waals surface area contributed by atoms with Crippen LogP contribution in [-0.4, -0.2) is 51.5 Å². The van der Waals surface area contributed by atoms with Gasteiger partial charge in [0.25, 0.3) is 0 Å². The van der Waals surface area contributed by atoms with Gasteiger partial charge in [0.1, 0.15) is 0 Å². The third kappa shape index (κ3) is 4.22. The van der Waals surface area contributed by atoms with Crippen molar-refractivity contribution >= 4 is 29.9 Å². The van der Waals surface area contributed by atoms with Crippen LogP contribution in [-0.2, 0) is 9.47 Å². The second kappa shape index (κ2) is 8.53. The van der Waals surface area contributed by atoms with Gasteiger partial charge in [-0.25, -0.2) is 0 Å². The van der Waals surface area contributed by atoms with Gasteiger partial charge in [-0.05, 0) is 19.8 Å². The van der Waals surface area contributed by atoms with Crippen molar-refractivity contribution in [2.24, 2.45) is 16.3 Å². The topological polar surface area (TPSA) is 54.9 Å². The first-order chi connectivity index (χ1) is 9.61. The van der Waals surface area contributed by atoms with Crippen LogP contribution in [0.3, 0.4) is 0 Å². The van der Waals surface area contributed by atoms with Gasteiger partial charge < -0.3 is 20.1 Å². The van der Waals surface area contributed by atoms with Gasteiger partial charge in [-0.15, -0.1) is 24.0 Å². The van der Waals surface area contributed by atoms with Crippen LogP contribution in [0.5, 0.6) is 0 Å². The van der Waals surface area contributed by atoms with E-state index < -0.39 is 0 Å². The van der Waals surface area contributed by atoms with Crippen molar-refractivity contribution in [3.63, 3.8) is 0 Å². The minimum Gasteiger partial charge on any atom is -0.382 e. The number of halogens is 1. The molecule has 0 aromatic rings. The van der Waals surface area contributed by atoms with Crippen LogP contribution >= 0.6 is 24.0 Å². The normalized spacial score (nSPS) is 30.1. The molecule has 1 aliphatic carbocycles. The Bertz CT molecular complexity index is 350. The maximum absolute atomic E-state index is 5.82. The fraction of sp³-hybridized carbons (Fsp3) is 0.933. The van der Waals surface area contributed by atoms with Gasteiger partial charge in [0.2, 0.25) is 0 Å². The summed E-state index contributed by atoms with van der Waals surface area (Å²) in [5, 5.41) is 6.94. The molecule has 2 aliphatic rings. The molecule has 0 aromatic heterocycles. The summed E-state index contributed by atoms with van der Waals surface area (Å²) < 4.78 is 11.2. The van der Waals surface area contributed by atoms with Gasteiger partial charge in [0, 0.05) is 50.8 Å². The number of fused-ring (bicyclic) bond motifs is 1. The fourth-order valence-corrected chi connectivity index (χ4v) is 3.48. The molecule has 0 amide bonds. The minimum atomic E-state index is 0. The molecule has 0 radical (unpaired) electrons. The average molecular weight is 411 g/mol. The van der Waals surface area contributed by atoms with Gasteiger partial charge in [-0.3, -0.25) is 4.99 Å². The Kier molecular flexibility index (Phi) is 7.70. The first-order valence-electron chi connectivity index (χ1n) is 7.77. The molecule has 3 unspecified atom stereocenters. The zero-order valence-corrected chi connectivity index (χ0v) is 16.0. The van der Waals surface area contributed by atoms with Crippen molar-refractivity contribution in [1.82, 2.24) is 10.6 Å². The Labute approximate surface area is 145 Å². The molecule has 2 fully saturated rings. The zero-order valence-electron chi connectivity index (χ0n) is 13.6. The zero-order chi connectivity index (χ0) is 14.6. The van der Waals surface area contributed by atoms with Crippen molar-refractivity contribution < 1.29 is 9.47 Å². The Hall–Kier alpha value is -0.0800. The van der Waals surface area contributed by atoms with Crippen molar-refractivity contribution in [3.05, 3.63) is 0 Å². The van der Waals surface area contributed by atoms with Gasteiger partial charge in [0.15, 0.2) is 5.96 Å². The first-order valence-corrected chi connectivity index (χ1v) is 7.77. The molecule has 21 heavy (non-hydrogen) atoms. The number of ether oxygens (including phenoxy) is 2. The molecule has 0 bridgehead atoms. The summed E-state index contributed by atoms with van der Waals surface area (Å²) in [6.07, 6.45) is 2.57. The molecule has 0 aromatic carbocycles. The number of hydrogen-bond acceptors (Lipinski definition) is 3. The van der Waals surface area contributed by atoms with E-state index in [1.807, 2.05) is 14.0 Å². The van der Waals surface area contributed by atoms with Crippen LogP contribution in [0.1, 0.15) is 33.6 Å². The third-order valence-electron chi connectivity index (χ3n) is 4.58. The Balaban J connectivity index is 0.00000220. The van der Waals surface area contributed by atoms with Crippen LogP contribution in [0, 0.1) is 11.3 Å². The number of hydrogen-bond donors (Lipinski definition) is 2. The first kappa shape index (κ1) is 19.0. The van der Waals surface area contributed by atoms with Crippen molar-refractivity contribution in [3.8, 4) is 0 Å². The summed E-state index contributed by atoms with van der Waals surface area (Å²) in [5.74, 6) is 1.52. The standard InChI is InChI=1S/C15H29N3O2.HI/c1-5-19-9-6-8-17-14(16-4)18-12-11-7-10-20-13(11)15(12,2)3;/h11-13H,5-10H2,1-4H3,(H2,16,17,18);1H. The molecule has 2 N–H and O–H groups in total. The molecule has 2 rings (SSSR count). The molecule has 3 atom stereocenters. The molecule has 1 saturated heterocycles. The van der Waals surface area contributed by atoms with E-state index in [1.54, 1.807) is 0 Å². The Morgan fingerprint density at radius 3 is 2.86 bits per heavy atom. The molecule has 1 aliphatic heterocycles. The second-order valence-corrected chi connectivity index (χ2v) is 6.24. The van der Waals surface area contributed by atoms with E-state index in [1.165, 1.54) is 0 Å². The number of aliphatic imine (C=N–C) groups is 1. The Morgan fingerprint density at radius 2 is 2.19 bits per heavy atom. The summed E-state index contributed by atoms with van der Waals surface area (Å²) >= 11 is 0. The SMILES string of the molecule is CCOCCCNC(=NC)NC1C2CCOC2C1(C)C.I. The van der Waals surface area contributed by atoms with E-state index in [-0.39, 0.29) is 29.4 Å². The van der Waals surface area contributed by atoms with Crippen LogP contribution in [0.2, 0.25) is 0 Å². The highest BCUT2D eigenvalue weighted by atomic mass is 127. The number of nitrogens with one attached hydrogen (secondary N) is 2. The predicted octanol–water partition coefficient (Wildman–Crippen LogP) is 2.01. The largest absolute Gasteiger partial charge is 0.382 e. The van der Waals surface area contributed by atoms with E-state index in [0.29, 0.717) is 18.1 Å². The lowest BCUT2D eigenvalue weighted by molar-refractivity contribution is -0.106. The molecule has 1 saturated carbocycles. The van der Waals surface area contributed by atoms with E-state index in [4.69, 9.17) is 9.47 Å². The lowest BCUT2D eigenvalue weighted by atomic mass is 9.57. The van der Waals surface area contributed by atoms with Gasteiger partial charge >= 0.3 is 0 Å². The molecule has 5 nitrogen and oxygen atoms in total. The molecule has 6 heteroatoms. The second-order valence-electron chi connectivity index (χ2n) is 6.24. The Morgan fingerprint density at radius 1 is 1.43 bits per heavy atom. The molecule has 124 valence electrons. The van der Waals surface area contributed by atoms with Crippen LogP contribution in [0.25, 0.3) is 0 Å². The van der Waals surface area contributed by atoms with Crippen molar-refractivity contribution in [2.45, 2.75) is 45.8 Å². The van der Waals surface area contributed by atoms with Crippen molar-refractivity contribution in [2.75, 3.05) is 33.4 Å². The van der Waals surface area contributed by atoms with Gasteiger partial charge in [0.05, 0.1) is 6.10 Å². The highest BCUT2D eigenvalue weighted by Gasteiger charge is 2.59. The number of guanidine groups is 1. The molecular weight excluding hydrogens is 381 g/mol. The lowest BCUT2D eigenvalue weighted by Gasteiger charge is -2.54. The average Bonchev–Trinajstić information content (AvgIpc) is 2.88. The predicted molar refractivity (Wildman–Crippen MR) is 96.4 cm³/mol. The molecular formula is C15H30IN3O2. The maximum Gasteiger partial charge on any atom is 0.191 e. The van der Waals surface area contributed by atoms with E-state index in [2.05, 4.69) is 29.5 Å². The van der Waals surface area contributed by atoms with E-state index in [9.17, 15) is 0 Å². The number of nitrogens with zero attached hydrogens (tertiary/aromatic N) is 1. The summed E-state index contributed by atoms with van der Waals surface area (Å²) in [6.45, 7) is 9.95. The van der Waals surface area contributed by atoms with Crippen molar-refractivity contribution in [1.29, 1.82) is 0 Å². The summed E-state index contributed by atoms with van der Waals surface area (Å²) in [5.41, 5.74) is 0.185. The monoisotopic (exact) mass is 411 g/mol. The number of rotatable bonds is 6.